The molecule has 2 heterocycles. The Hall–Kier alpha value is -2.35. The van der Waals surface area contributed by atoms with Crippen molar-refractivity contribution < 1.29 is 13.2 Å². The summed E-state index contributed by atoms with van der Waals surface area (Å²) < 4.78 is 29.0. The number of aromatic nitrogens is 2. The highest BCUT2D eigenvalue weighted by atomic mass is 32.2. The number of hydrogen-bond donors (Lipinski definition) is 1. The second kappa shape index (κ2) is 7.90. The first-order valence-electron chi connectivity index (χ1n) is 8.67. The second-order valence-electron chi connectivity index (χ2n) is 6.27. The van der Waals surface area contributed by atoms with Crippen LogP contribution in [0.25, 0.3) is 0 Å². The maximum atomic E-state index is 11.8. The van der Waals surface area contributed by atoms with Crippen molar-refractivity contribution in [1.29, 1.82) is 0 Å². The van der Waals surface area contributed by atoms with Crippen molar-refractivity contribution >= 4 is 21.5 Å². The molecule has 7 nitrogen and oxygen atoms in total. The summed E-state index contributed by atoms with van der Waals surface area (Å²) in [5.41, 5.74) is 1.03. The van der Waals surface area contributed by atoms with Gasteiger partial charge >= 0.3 is 0 Å². The van der Waals surface area contributed by atoms with Crippen molar-refractivity contribution in [2.24, 2.45) is 0 Å². The van der Waals surface area contributed by atoms with Crippen molar-refractivity contribution in [2.75, 3.05) is 35.4 Å². The molecule has 1 fully saturated rings. The standard InChI is InChI=1S/C18H24N4O3S/c1-3-22(15-8-9-26(23,24)12-15)18-10-17(20-13-21-18)19-11-14-6-4-5-7-16(14)25-2/h4-7,10,13,15H,3,8-9,11-12H2,1-2H3,(H,19,20,21). The van der Waals surface area contributed by atoms with E-state index < -0.39 is 9.84 Å². The highest BCUT2D eigenvalue weighted by Gasteiger charge is 2.32. The highest BCUT2D eigenvalue weighted by Crippen LogP contribution is 2.24. The molecule has 26 heavy (non-hydrogen) atoms. The summed E-state index contributed by atoms with van der Waals surface area (Å²) in [6.07, 6.45) is 2.15. The first kappa shape index (κ1) is 18.4. The van der Waals surface area contributed by atoms with Crippen molar-refractivity contribution in [2.45, 2.75) is 25.9 Å². The van der Waals surface area contributed by atoms with Gasteiger partial charge in [-0.2, -0.15) is 0 Å². The van der Waals surface area contributed by atoms with Gasteiger partial charge in [-0.15, -0.1) is 0 Å². The highest BCUT2D eigenvalue weighted by molar-refractivity contribution is 7.91. The van der Waals surface area contributed by atoms with E-state index in [0.29, 0.717) is 25.3 Å². The SMILES string of the molecule is CCN(c1cc(NCc2ccccc2OC)ncn1)C1CCS(=O)(=O)C1. The molecule has 1 aromatic heterocycles. The fourth-order valence-electron chi connectivity index (χ4n) is 3.26. The van der Waals surface area contributed by atoms with Crippen LogP contribution in [0.2, 0.25) is 0 Å². The van der Waals surface area contributed by atoms with E-state index >= 15 is 0 Å². The van der Waals surface area contributed by atoms with Gasteiger partial charge < -0.3 is 15.0 Å². The lowest BCUT2D eigenvalue weighted by Crippen LogP contribution is -2.36. The van der Waals surface area contributed by atoms with Crippen LogP contribution in [0.15, 0.2) is 36.7 Å². The molecule has 3 rings (SSSR count). The fraction of sp³-hybridized carbons (Fsp3) is 0.444. The number of para-hydroxylation sites is 1. The minimum absolute atomic E-state index is 0.0260. The third kappa shape index (κ3) is 4.24. The van der Waals surface area contributed by atoms with Crippen LogP contribution >= 0.6 is 0 Å². The molecular weight excluding hydrogens is 352 g/mol. The second-order valence-corrected chi connectivity index (χ2v) is 8.50. The van der Waals surface area contributed by atoms with Crippen molar-refractivity contribution in [1.82, 2.24) is 9.97 Å². The quantitative estimate of drug-likeness (QED) is 0.792. The lowest BCUT2D eigenvalue weighted by molar-refractivity contribution is 0.410. The van der Waals surface area contributed by atoms with Crippen LogP contribution in [0.1, 0.15) is 18.9 Å². The van der Waals surface area contributed by atoms with Gasteiger partial charge in [0.15, 0.2) is 9.84 Å². The molecule has 0 aliphatic carbocycles. The van der Waals surface area contributed by atoms with E-state index in [9.17, 15) is 8.42 Å². The number of nitrogens with one attached hydrogen (secondary N) is 1. The molecule has 0 saturated carbocycles. The zero-order valence-electron chi connectivity index (χ0n) is 15.1. The van der Waals surface area contributed by atoms with Gasteiger partial charge in [0.25, 0.3) is 0 Å². The number of anilines is 2. The summed E-state index contributed by atoms with van der Waals surface area (Å²) in [4.78, 5) is 10.7. The van der Waals surface area contributed by atoms with Gasteiger partial charge in [-0.05, 0) is 19.4 Å². The molecular formula is C18H24N4O3S. The molecule has 1 aliphatic heterocycles. The summed E-state index contributed by atoms with van der Waals surface area (Å²) in [6.45, 7) is 3.28. The number of hydrogen-bond acceptors (Lipinski definition) is 7. The minimum Gasteiger partial charge on any atom is -0.496 e. The zero-order chi connectivity index (χ0) is 18.6. The zero-order valence-corrected chi connectivity index (χ0v) is 15.9. The predicted molar refractivity (Wildman–Crippen MR) is 102 cm³/mol. The summed E-state index contributed by atoms with van der Waals surface area (Å²) >= 11 is 0. The van der Waals surface area contributed by atoms with E-state index in [1.165, 1.54) is 6.33 Å². The van der Waals surface area contributed by atoms with Gasteiger partial charge in [0.1, 0.15) is 23.7 Å². The van der Waals surface area contributed by atoms with Gasteiger partial charge in [0.2, 0.25) is 0 Å². The molecule has 0 amide bonds. The molecule has 2 aromatic rings. The van der Waals surface area contributed by atoms with Crippen LogP contribution in [0.3, 0.4) is 0 Å². The van der Waals surface area contributed by atoms with Gasteiger partial charge in [-0.3, -0.25) is 0 Å². The number of ether oxygens (including phenoxy) is 1. The number of rotatable bonds is 7. The van der Waals surface area contributed by atoms with Gasteiger partial charge in [-0.1, -0.05) is 18.2 Å². The summed E-state index contributed by atoms with van der Waals surface area (Å²) in [5, 5.41) is 3.29. The monoisotopic (exact) mass is 376 g/mol. The van der Waals surface area contributed by atoms with Crippen molar-refractivity contribution in [3.8, 4) is 5.75 Å². The lowest BCUT2D eigenvalue weighted by Gasteiger charge is -2.28. The number of sulfone groups is 1. The molecule has 1 unspecified atom stereocenters. The van der Waals surface area contributed by atoms with E-state index in [1.54, 1.807) is 7.11 Å². The largest absolute Gasteiger partial charge is 0.496 e. The molecule has 1 saturated heterocycles. The van der Waals surface area contributed by atoms with Crippen LogP contribution in [0.5, 0.6) is 5.75 Å². The molecule has 1 N–H and O–H groups in total. The summed E-state index contributed by atoms with van der Waals surface area (Å²) in [5.74, 6) is 2.69. The van der Waals surface area contributed by atoms with Crippen LogP contribution in [0, 0.1) is 0 Å². The Kier molecular flexibility index (Phi) is 5.61. The normalized spacial score (nSPS) is 18.5. The lowest BCUT2D eigenvalue weighted by atomic mass is 10.2. The Morgan fingerprint density at radius 2 is 2.12 bits per heavy atom. The van der Waals surface area contributed by atoms with Gasteiger partial charge in [0.05, 0.1) is 18.6 Å². The Morgan fingerprint density at radius 1 is 1.31 bits per heavy atom. The first-order chi connectivity index (χ1) is 12.5. The Bertz CT molecular complexity index is 857. The topological polar surface area (TPSA) is 84.4 Å². The predicted octanol–water partition coefficient (Wildman–Crippen LogP) is 2.11. The molecule has 1 atom stereocenters. The smallest absolute Gasteiger partial charge is 0.152 e. The van der Waals surface area contributed by atoms with Crippen LogP contribution in [-0.2, 0) is 16.4 Å². The molecule has 8 heteroatoms. The van der Waals surface area contributed by atoms with Crippen molar-refractivity contribution in [3.05, 3.63) is 42.2 Å². The number of nitrogens with zero attached hydrogens (tertiary/aromatic N) is 3. The third-order valence-corrected chi connectivity index (χ3v) is 6.34. The minimum atomic E-state index is -2.94. The number of methoxy groups -OCH3 is 1. The van der Waals surface area contributed by atoms with Crippen molar-refractivity contribution in [3.63, 3.8) is 0 Å². The summed E-state index contributed by atoms with van der Waals surface area (Å²) in [6, 6.07) is 9.65. The molecule has 0 bridgehead atoms. The van der Waals surface area contributed by atoms with Crippen LogP contribution in [-0.4, -0.2) is 49.6 Å². The van der Waals surface area contributed by atoms with E-state index in [2.05, 4.69) is 15.3 Å². The average Bonchev–Trinajstić information content (AvgIpc) is 3.01. The maximum absolute atomic E-state index is 11.8. The molecule has 140 valence electrons. The van der Waals surface area contributed by atoms with E-state index in [-0.39, 0.29) is 17.5 Å². The van der Waals surface area contributed by atoms with E-state index in [0.717, 1.165) is 17.1 Å². The average molecular weight is 376 g/mol. The Labute approximate surface area is 154 Å². The molecule has 0 radical (unpaired) electrons. The van der Waals surface area contributed by atoms with E-state index in [1.807, 2.05) is 42.2 Å². The Morgan fingerprint density at radius 3 is 2.81 bits per heavy atom. The molecule has 1 aromatic carbocycles. The van der Waals surface area contributed by atoms with Crippen LogP contribution < -0.4 is 15.0 Å². The van der Waals surface area contributed by atoms with Gasteiger partial charge in [0, 0.05) is 30.8 Å². The Balaban J connectivity index is 1.73. The molecule has 1 aliphatic rings. The third-order valence-electron chi connectivity index (χ3n) is 4.59. The first-order valence-corrected chi connectivity index (χ1v) is 10.5. The molecule has 0 spiro atoms. The maximum Gasteiger partial charge on any atom is 0.152 e. The van der Waals surface area contributed by atoms with Crippen LogP contribution in [0.4, 0.5) is 11.6 Å². The summed E-state index contributed by atoms with van der Waals surface area (Å²) in [7, 11) is -1.29. The van der Waals surface area contributed by atoms with E-state index in [4.69, 9.17) is 4.74 Å². The number of benzene rings is 1. The fourth-order valence-corrected chi connectivity index (χ4v) is 4.99. The van der Waals surface area contributed by atoms with Gasteiger partial charge in [-0.25, -0.2) is 18.4 Å².